The summed E-state index contributed by atoms with van der Waals surface area (Å²) in [6, 6.07) is 11.4. The molecule has 0 radical (unpaired) electrons. The van der Waals surface area contributed by atoms with Gasteiger partial charge in [0.05, 0.1) is 12.9 Å². The van der Waals surface area contributed by atoms with E-state index in [1.807, 2.05) is 0 Å². The van der Waals surface area contributed by atoms with Crippen molar-refractivity contribution in [3.63, 3.8) is 0 Å². The third kappa shape index (κ3) is 5.35. The van der Waals surface area contributed by atoms with Crippen LogP contribution in [0.25, 0.3) is 0 Å². The number of hydrogen-bond donors (Lipinski definition) is 1. The fraction of sp³-hybridized carbons (Fsp3) is 0.529. The quantitative estimate of drug-likeness (QED) is 0.553. The van der Waals surface area contributed by atoms with Gasteiger partial charge in [-0.25, -0.2) is 0 Å². The van der Waals surface area contributed by atoms with E-state index in [2.05, 4.69) is 47.1 Å². The Hall–Kier alpha value is -1.32. The molecule has 0 spiro atoms. The van der Waals surface area contributed by atoms with Crippen molar-refractivity contribution < 1.29 is 4.74 Å². The summed E-state index contributed by atoms with van der Waals surface area (Å²) in [4.78, 5) is 2.56. The van der Waals surface area contributed by atoms with Crippen LogP contribution in [0.5, 0.6) is 0 Å². The van der Waals surface area contributed by atoms with Crippen LogP contribution in [-0.4, -0.2) is 43.7 Å². The second-order valence-electron chi connectivity index (χ2n) is 5.37. The molecule has 1 unspecified atom stereocenters. The minimum Gasteiger partial charge on any atom is -0.502 e. The van der Waals surface area contributed by atoms with Crippen molar-refractivity contribution in [2.75, 3.05) is 32.8 Å². The summed E-state index contributed by atoms with van der Waals surface area (Å²) >= 11 is 0. The van der Waals surface area contributed by atoms with Crippen LogP contribution in [0.4, 0.5) is 0 Å². The molecule has 1 aromatic rings. The van der Waals surface area contributed by atoms with Crippen molar-refractivity contribution in [1.29, 1.82) is 0 Å². The third-order valence-corrected chi connectivity index (χ3v) is 3.82. The van der Waals surface area contributed by atoms with Gasteiger partial charge < -0.3 is 15.0 Å². The van der Waals surface area contributed by atoms with Gasteiger partial charge in [0.2, 0.25) is 0 Å². The van der Waals surface area contributed by atoms with E-state index in [-0.39, 0.29) is 0 Å². The van der Waals surface area contributed by atoms with Gasteiger partial charge in [-0.05, 0) is 37.9 Å². The van der Waals surface area contributed by atoms with Gasteiger partial charge in [0.15, 0.2) is 0 Å². The molecular weight excluding hydrogens is 248 g/mol. The maximum absolute atomic E-state index is 5.12. The number of nitrogens with one attached hydrogen (secondary N) is 1. The second-order valence-corrected chi connectivity index (χ2v) is 5.37. The fourth-order valence-corrected chi connectivity index (χ4v) is 2.68. The predicted molar refractivity (Wildman–Crippen MR) is 83.8 cm³/mol. The summed E-state index contributed by atoms with van der Waals surface area (Å²) in [7, 11) is 0. The topological polar surface area (TPSA) is 24.5 Å². The van der Waals surface area contributed by atoms with E-state index in [4.69, 9.17) is 4.74 Å². The van der Waals surface area contributed by atoms with Gasteiger partial charge in [-0.1, -0.05) is 36.9 Å². The van der Waals surface area contributed by atoms with Crippen LogP contribution in [0.1, 0.15) is 18.4 Å². The number of likely N-dealkylation sites (tertiary alicyclic amines) is 1. The molecule has 1 heterocycles. The molecule has 1 aliphatic heterocycles. The predicted octanol–water partition coefficient (Wildman–Crippen LogP) is 2.44. The van der Waals surface area contributed by atoms with E-state index < -0.39 is 0 Å². The first kappa shape index (κ1) is 15.1. The van der Waals surface area contributed by atoms with Crippen molar-refractivity contribution >= 4 is 0 Å². The Morgan fingerprint density at radius 1 is 1.35 bits per heavy atom. The lowest BCUT2D eigenvalue weighted by molar-refractivity contribution is 0.242. The number of hydrogen-bond acceptors (Lipinski definition) is 3. The second kappa shape index (κ2) is 8.77. The third-order valence-electron chi connectivity index (χ3n) is 3.82. The molecule has 1 aromatic carbocycles. The number of rotatable bonds is 9. The van der Waals surface area contributed by atoms with Crippen LogP contribution >= 0.6 is 0 Å². The molecule has 20 heavy (non-hydrogen) atoms. The summed E-state index contributed by atoms with van der Waals surface area (Å²) in [6.07, 6.45) is 4.98. The maximum atomic E-state index is 5.12. The van der Waals surface area contributed by atoms with Crippen molar-refractivity contribution in [2.24, 2.45) is 0 Å². The standard InChI is InChI=1S/C17H26N2O/c1-2-20-14-6-11-18-17-10-13-19(15-17)12-9-16-7-4-3-5-8-16/h2-5,7-8,17-18H,1,6,9-15H2. The van der Waals surface area contributed by atoms with Gasteiger partial charge in [0.1, 0.15) is 0 Å². The molecule has 2 rings (SSSR count). The molecule has 3 heteroatoms. The summed E-state index contributed by atoms with van der Waals surface area (Å²) in [6.45, 7) is 8.90. The van der Waals surface area contributed by atoms with Gasteiger partial charge in [-0.15, -0.1) is 0 Å². The first-order valence-electron chi connectivity index (χ1n) is 7.60. The Bertz CT molecular complexity index is 380. The minimum absolute atomic E-state index is 0.648. The van der Waals surface area contributed by atoms with Gasteiger partial charge in [-0.3, -0.25) is 0 Å². The highest BCUT2D eigenvalue weighted by atomic mass is 16.5. The van der Waals surface area contributed by atoms with Crippen LogP contribution in [0.2, 0.25) is 0 Å². The van der Waals surface area contributed by atoms with Crippen LogP contribution in [0, 0.1) is 0 Å². The first-order chi connectivity index (χ1) is 9.88. The van der Waals surface area contributed by atoms with Crippen molar-refractivity contribution in [1.82, 2.24) is 10.2 Å². The maximum Gasteiger partial charge on any atom is 0.0885 e. The van der Waals surface area contributed by atoms with E-state index in [9.17, 15) is 0 Å². The van der Waals surface area contributed by atoms with Gasteiger partial charge in [-0.2, -0.15) is 0 Å². The Kier molecular flexibility index (Phi) is 6.61. The molecule has 0 amide bonds. The van der Waals surface area contributed by atoms with Crippen LogP contribution in [0.15, 0.2) is 43.2 Å². The Balaban J connectivity index is 1.57. The molecule has 110 valence electrons. The highest BCUT2D eigenvalue weighted by Gasteiger charge is 2.21. The summed E-state index contributed by atoms with van der Waals surface area (Å²) in [5.74, 6) is 0. The largest absolute Gasteiger partial charge is 0.502 e. The molecule has 3 nitrogen and oxygen atoms in total. The minimum atomic E-state index is 0.648. The molecule has 0 aliphatic carbocycles. The summed E-state index contributed by atoms with van der Waals surface area (Å²) < 4.78 is 5.12. The van der Waals surface area contributed by atoms with Crippen LogP contribution in [0.3, 0.4) is 0 Å². The number of nitrogens with zero attached hydrogens (tertiary/aromatic N) is 1. The van der Waals surface area contributed by atoms with E-state index >= 15 is 0 Å². The van der Waals surface area contributed by atoms with E-state index in [0.717, 1.165) is 26.0 Å². The zero-order valence-electron chi connectivity index (χ0n) is 12.3. The highest BCUT2D eigenvalue weighted by molar-refractivity contribution is 5.14. The molecular formula is C17H26N2O. The normalized spacial score (nSPS) is 19.1. The summed E-state index contributed by atoms with van der Waals surface area (Å²) in [5, 5.41) is 3.61. The molecule has 0 aromatic heterocycles. The fourth-order valence-electron chi connectivity index (χ4n) is 2.68. The van der Waals surface area contributed by atoms with Gasteiger partial charge >= 0.3 is 0 Å². The lowest BCUT2D eigenvalue weighted by Gasteiger charge is -2.16. The van der Waals surface area contributed by atoms with Crippen molar-refractivity contribution in [2.45, 2.75) is 25.3 Å². The lowest BCUT2D eigenvalue weighted by Crippen LogP contribution is -2.34. The average molecular weight is 274 g/mol. The Labute approximate surface area is 122 Å². The zero-order valence-corrected chi connectivity index (χ0v) is 12.3. The smallest absolute Gasteiger partial charge is 0.0885 e. The number of benzene rings is 1. The van der Waals surface area contributed by atoms with Gasteiger partial charge in [0.25, 0.3) is 0 Å². The van der Waals surface area contributed by atoms with Crippen LogP contribution < -0.4 is 5.32 Å². The van der Waals surface area contributed by atoms with Crippen molar-refractivity contribution in [3.05, 3.63) is 48.7 Å². The van der Waals surface area contributed by atoms with E-state index in [1.165, 1.54) is 37.9 Å². The summed E-state index contributed by atoms with van der Waals surface area (Å²) in [5.41, 5.74) is 1.44. The molecule has 0 saturated carbocycles. The highest BCUT2D eigenvalue weighted by Crippen LogP contribution is 2.10. The molecule has 1 atom stereocenters. The number of ether oxygens (including phenoxy) is 1. The molecule has 1 saturated heterocycles. The van der Waals surface area contributed by atoms with Crippen LogP contribution in [-0.2, 0) is 11.2 Å². The molecule has 0 bridgehead atoms. The average Bonchev–Trinajstić information content (AvgIpc) is 2.94. The Morgan fingerprint density at radius 2 is 2.20 bits per heavy atom. The lowest BCUT2D eigenvalue weighted by atomic mass is 10.1. The van der Waals surface area contributed by atoms with Gasteiger partial charge in [0, 0.05) is 19.1 Å². The monoisotopic (exact) mass is 274 g/mol. The molecule has 1 aliphatic rings. The SMILES string of the molecule is C=COCCCNC1CCN(CCc2ccccc2)C1. The van der Waals surface area contributed by atoms with E-state index in [1.54, 1.807) is 0 Å². The molecule has 1 fully saturated rings. The zero-order chi connectivity index (χ0) is 14.0. The first-order valence-corrected chi connectivity index (χ1v) is 7.60. The van der Waals surface area contributed by atoms with Crippen molar-refractivity contribution in [3.8, 4) is 0 Å². The Morgan fingerprint density at radius 3 is 3.00 bits per heavy atom. The van der Waals surface area contributed by atoms with E-state index in [0.29, 0.717) is 6.04 Å². The molecule has 1 N–H and O–H groups in total.